The third-order valence-electron chi connectivity index (χ3n) is 4.39. The Morgan fingerprint density at radius 3 is 2.50 bits per heavy atom. The van der Waals surface area contributed by atoms with Crippen molar-refractivity contribution < 1.29 is 9.18 Å². The minimum atomic E-state index is -0.324. The van der Waals surface area contributed by atoms with E-state index in [1.54, 1.807) is 29.2 Å². The van der Waals surface area contributed by atoms with Gasteiger partial charge in [-0.05, 0) is 36.4 Å². The zero-order chi connectivity index (χ0) is 18.7. The average molecular weight is 392 g/mol. The summed E-state index contributed by atoms with van der Waals surface area (Å²) in [6.45, 7) is 2.69. The zero-order valence-electron chi connectivity index (χ0n) is 13.9. The number of carbonyl (C=O) groups is 1. The average Bonchev–Trinajstić information content (AvgIpc) is 2.63. The van der Waals surface area contributed by atoms with Crippen molar-refractivity contribution in [3.05, 3.63) is 69.0 Å². The lowest BCUT2D eigenvalue weighted by Gasteiger charge is -2.35. The second-order valence-electron chi connectivity index (χ2n) is 6.11. The second-order valence-corrected chi connectivity index (χ2v) is 6.95. The van der Waals surface area contributed by atoms with Crippen LogP contribution >= 0.6 is 23.2 Å². The normalized spacial score (nSPS) is 14.9. The first-order valence-electron chi connectivity index (χ1n) is 8.13. The summed E-state index contributed by atoms with van der Waals surface area (Å²) in [6.07, 6.45) is 0. The van der Waals surface area contributed by atoms with Crippen molar-refractivity contribution in [3.63, 3.8) is 0 Å². The fourth-order valence-electron chi connectivity index (χ4n) is 2.95. The molecule has 0 spiro atoms. The van der Waals surface area contributed by atoms with E-state index >= 15 is 0 Å². The highest BCUT2D eigenvalue weighted by molar-refractivity contribution is 6.36. The molecule has 2 aromatic rings. The highest BCUT2D eigenvalue weighted by Gasteiger charge is 2.24. The van der Waals surface area contributed by atoms with Crippen molar-refractivity contribution in [3.8, 4) is 6.07 Å². The molecule has 0 saturated carbocycles. The molecule has 7 heteroatoms. The van der Waals surface area contributed by atoms with Crippen molar-refractivity contribution in [1.82, 2.24) is 9.80 Å². The van der Waals surface area contributed by atoms with Gasteiger partial charge in [-0.25, -0.2) is 4.39 Å². The first kappa shape index (κ1) is 18.7. The molecule has 0 bridgehead atoms. The molecular weight excluding hydrogens is 376 g/mol. The number of piperazine rings is 1. The molecule has 1 aliphatic heterocycles. The number of carbonyl (C=O) groups excluding carboxylic acids is 1. The number of halogens is 3. The highest BCUT2D eigenvalue weighted by atomic mass is 35.5. The molecule has 0 atom stereocenters. The number of benzene rings is 2. The summed E-state index contributed by atoms with van der Waals surface area (Å²) < 4.78 is 13.9. The Kier molecular flexibility index (Phi) is 5.77. The number of hydrogen-bond acceptors (Lipinski definition) is 3. The molecular formula is C19H16Cl2FN3O. The van der Waals surface area contributed by atoms with Gasteiger partial charge in [0.25, 0.3) is 5.91 Å². The summed E-state index contributed by atoms with van der Waals surface area (Å²) in [5, 5.41) is 9.77. The van der Waals surface area contributed by atoms with Crippen LogP contribution in [0.2, 0.25) is 10.0 Å². The van der Waals surface area contributed by atoms with Crippen LogP contribution in [0.25, 0.3) is 0 Å². The van der Waals surface area contributed by atoms with E-state index in [2.05, 4.69) is 4.90 Å². The van der Waals surface area contributed by atoms with Gasteiger partial charge in [0.1, 0.15) is 5.82 Å². The van der Waals surface area contributed by atoms with Gasteiger partial charge in [-0.3, -0.25) is 9.69 Å². The summed E-state index contributed by atoms with van der Waals surface area (Å²) in [4.78, 5) is 16.4. The highest BCUT2D eigenvalue weighted by Crippen LogP contribution is 2.23. The van der Waals surface area contributed by atoms with Gasteiger partial charge in [0.15, 0.2) is 0 Å². The van der Waals surface area contributed by atoms with E-state index in [9.17, 15) is 9.18 Å². The Bertz CT molecular complexity index is 874. The van der Waals surface area contributed by atoms with Crippen LogP contribution in [0.1, 0.15) is 21.5 Å². The second kappa shape index (κ2) is 8.05. The van der Waals surface area contributed by atoms with Gasteiger partial charge >= 0.3 is 0 Å². The molecule has 1 saturated heterocycles. The molecule has 0 N–H and O–H groups in total. The van der Waals surface area contributed by atoms with Gasteiger partial charge in [-0.15, -0.1) is 0 Å². The van der Waals surface area contributed by atoms with Crippen LogP contribution in [-0.2, 0) is 6.54 Å². The SMILES string of the molecule is N#Cc1ccc(F)c(CN2CCN(C(=O)c3ccc(Cl)cc3Cl)CC2)c1. The van der Waals surface area contributed by atoms with Crippen LogP contribution in [0.3, 0.4) is 0 Å². The first-order chi connectivity index (χ1) is 12.5. The maximum Gasteiger partial charge on any atom is 0.255 e. The van der Waals surface area contributed by atoms with Crippen molar-refractivity contribution in [2.45, 2.75) is 6.54 Å². The van der Waals surface area contributed by atoms with Crippen LogP contribution in [0.5, 0.6) is 0 Å². The molecule has 3 rings (SSSR count). The largest absolute Gasteiger partial charge is 0.336 e. The van der Waals surface area contributed by atoms with E-state index in [0.717, 1.165) is 0 Å². The predicted molar refractivity (Wildman–Crippen MR) is 98.8 cm³/mol. The van der Waals surface area contributed by atoms with Gasteiger partial charge in [0.2, 0.25) is 0 Å². The van der Waals surface area contributed by atoms with Crippen molar-refractivity contribution >= 4 is 29.1 Å². The number of nitriles is 1. The maximum absolute atomic E-state index is 13.9. The van der Waals surface area contributed by atoms with Crippen LogP contribution < -0.4 is 0 Å². The Labute approximate surface area is 161 Å². The lowest BCUT2D eigenvalue weighted by atomic mass is 10.1. The van der Waals surface area contributed by atoms with E-state index in [1.807, 2.05) is 6.07 Å². The standard InChI is InChI=1S/C19H16Cl2FN3O/c20-15-2-3-16(17(21)10-15)19(26)25-7-5-24(6-8-25)12-14-9-13(11-23)1-4-18(14)22/h1-4,9-10H,5-8,12H2. The summed E-state index contributed by atoms with van der Waals surface area (Å²) in [5.41, 5.74) is 1.36. The third kappa shape index (κ3) is 4.16. The van der Waals surface area contributed by atoms with Gasteiger partial charge in [-0.2, -0.15) is 5.26 Å². The number of hydrogen-bond donors (Lipinski definition) is 0. The molecule has 0 radical (unpaired) electrons. The lowest BCUT2D eigenvalue weighted by Crippen LogP contribution is -2.48. The Balaban J connectivity index is 1.62. The topological polar surface area (TPSA) is 47.3 Å². The fraction of sp³-hybridized carbons (Fsp3) is 0.263. The molecule has 1 aliphatic rings. The van der Waals surface area contributed by atoms with Gasteiger partial charge in [0.05, 0.1) is 22.2 Å². The van der Waals surface area contributed by atoms with Crippen LogP contribution in [-0.4, -0.2) is 41.9 Å². The Morgan fingerprint density at radius 1 is 1.12 bits per heavy atom. The lowest BCUT2D eigenvalue weighted by molar-refractivity contribution is 0.0627. The number of amides is 1. The summed E-state index contributed by atoms with van der Waals surface area (Å²) in [6, 6.07) is 11.2. The van der Waals surface area contributed by atoms with Crippen LogP contribution in [0.4, 0.5) is 4.39 Å². The minimum absolute atomic E-state index is 0.135. The molecule has 0 aliphatic carbocycles. The first-order valence-corrected chi connectivity index (χ1v) is 8.88. The van der Waals surface area contributed by atoms with E-state index in [-0.39, 0.29) is 11.7 Å². The van der Waals surface area contributed by atoms with E-state index in [0.29, 0.717) is 59.5 Å². The quantitative estimate of drug-likeness (QED) is 0.795. The molecule has 134 valence electrons. The monoisotopic (exact) mass is 391 g/mol. The number of nitrogens with zero attached hydrogens (tertiary/aromatic N) is 3. The van der Waals surface area contributed by atoms with E-state index in [4.69, 9.17) is 28.5 Å². The predicted octanol–water partition coefficient (Wildman–Crippen LogP) is 3.96. The van der Waals surface area contributed by atoms with E-state index < -0.39 is 0 Å². The molecule has 1 amide bonds. The van der Waals surface area contributed by atoms with E-state index in [1.165, 1.54) is 12.1 Å². The molecule has 1 fully saturated rings. The fourth-order valence-corrected chi connectivity index (χ4v) is 3.44. The Morgan fingerprint density at radius 2 is 1.85 bits per heavy atom. The summed E-state index contributed by atoms with van der Waals surface area (Å²) in [7, 11) is 0. The molecule has 2 aromatic carbocycles. The minimum Gasteiger partial charge on any atom is -0.336 e. The number of rotatable bonds is 3. The van der Waals surface area contributed by atoms with Gasteiger partial charge in [0, 0.05) is 43.3 Å². The summed E-state index contributed by atoms with van der Waals surface area (Å²) >= 11 is 12.0. The van der Waals surface area contributed by atoms with Crippen molar-refractivity contribution in [2.24, 2.45) is 0 Å². The molecule has 4 nitrogen and oxygen atoms in total. The summed E-state index contributed by atoms with van der Waals surface area (Å²) in [5.74, 6) is -0.459. The van der Waals surface area contributed by atoms with Crippen LogP contribution in [0.15, 0.2) is 36.4 Å². The maximum atomic E-state index is 13.9. The van der Waals surface area contributed by atoms with Gasteiger partial charge < -0.3 is 4.90 Å². The van der Waals surface area contributed by atoms with Gasteiger partial charge in [-0.1, -0.05) is 23.2 Å². The Hall–Kier alpha value is -2.13. The molecule has 0 aromatic heterocycles. The molecule has 0 unspecified atom stereocenters. The van der Waals surface area contributed by atoms with Crippen molar-refractivity contribution in [1.29, 1.82) is 5.26 Å². The smallest absolute Gasteiger partial charge is 0.255 e. The molecule has 26 heavy (non-hydrogen) atoms. The van der Waals surface area contributed by atoms with Crippen molar-refractivity contribution in [2.75, 3.05) is 26.2 Å². The van der Waals surface area contributed by atoms with Crippen LogP contribution in [0, 0.1) is 17.1 Å². The molecule has 1 heterocycles. The zero-order valence-corrected chi connectivity index (χ0v) is 15.4. The third-order valence-corrected chi connectivity index (χ3v) is 4.94.